The third-order valence-electron chi connectivity index (χ3n) is 4.87. The van der Waals surface area contributed by atoms with Crippen molar-refractivity contribution < 1.29 is 14.4 Å². The van der Waals surface area contributed by atoms with Gasteiger partial charge in [-0.15, -0.1) is 0 Å². The first-order chi connectivity index (χ1) is 11.0. The number of carbonyl (C=O) groups excluding carboxylic acids is 3. The second-order valence-electron chi connectivity index (χ2n) is 6.08. The summed E-state index contributed by atoms with van der Waals surface area (Å²) in [6.07, 6.45) is 4.85. The highest BCUT2D eigenvalue weighted by molar-refractivity contribution is 6.42. The highest BCUT2D eigenvalue weighted by Crippen LogP contribution is 2.52. The third kappa shape index (κ3) is 2.11. The Bertz CT molecular complexity index is 747. The topological polar surface area (TPSA) is 66.5 Å². The second-order valence-corrected chi connectivity index (χ2v) is 6.90. The summed E-state index contributed by atoms with van der Waals surface area (Å²) in [7, 11) is 0. The number of amides is 3. The Kier molecular flexibility index (Phi) is 3.25. The van der Waals surface area contributed by atoms with Crippen LogP contribution in [0.3, 0.4) is 0 Å². The van der Waals surface area contributed by atoms with Gasteiger partial charge in [0, 0.05) is 5.56 Å². The number of rotatable bonds is 2. The molecule has 3 amide bonds. The molecule has 0 unspecified atom stereocenters. The van der Waals surface area contributed by atoms with E-state index in [-0.39, 0.29) is 46.1 Å². The number of hydrogen-bond acceptors (Lipinski definition) is 3. The first-order valence-electron chi connectivity index (χ1n) is 7.29. The van der Waals surface area contributed by atoms with Gasteiger partial charge < -0.3 is 0 Å². The number of hydrogen-bond donors (Lipinski definition) is 1. The molecular formula is C16H12Cl2N2O3. The lowest BCUT2D eigenvalue weighted by Crippen LogP contribution is -2.47. The van der Waals surface area contributed by atoms with Crippen molar-refractivity contribution in [3.8, 4) is 0 Å². The molecule has 2 fully saturated rings. The second kappa shape index (κ2) is 5.08. The molecule has 0 spiro atoms. The van der Waals surface area contributed by atoms with Gasteiger partial charge in [-0.05, 0) is 36.5 Å². The number of fused-ring (bicyclic) bond motifs is 5. The molecule has 0 aromatic heterocycles. The fourth-order valence-electron chi connectivity index (χ4n) is 3.82. The summed E-state index contributed by atoms with van der Waals surface area (Å²) in [4.78, 5) is 37.2. The van der Waals surface area contributed by atoms with Crippen molar-refractivity contribution in [2.75, 3.05) is 0 Å². The smallest absolute Gasteiger partial charge is 0.270 e. The number of nitrogens with zero attached hydrogens (tertiary/aromatic N) is 1. The minimum Gasteiger partial charge on any atom is -0.272 e. The van der Waals surface area contributed by atoms with Gasteiger partial charge in [-0.1, -0.05) is 35.4 Å². The number of hydrazine groups is 1. The molecular weight excluding hydrogens is 339 g/mol. The molecule has 1 saturated carbocycles. The van der Waals surface area contributed by atoms with Crippen LogP contribution in [0.2, 0.25) is 10.0 Å². The third-order valence-corrected chi connectivity index (χ3v) is 5.60. The van der Waals surface area contributed by atoms with E-state index in [4.69, 9.17) is 23.2 Å². The van der Waals surface area contributed by atoms with Crippen molar-refractivity contribution in [2.24, 2.45) is 23.7 Å². The molecule has 4 atom stereocenters. The monoisotopic (exact) mass is 350 g/mol. The average molecular weight is 351 g/mol. The zero-order valence-corrected chi connectivity index (χ0v) is 13.3. The van der Waals surface area contributed by atoms with Crippen LogP contribution >= 0.6 is 23.2 Å². The van der Waals surface area contributed by atoms with E-state index in [1.807, 2.05) is 12.2 Å². The lowest BCUT2D eigenvalue weighted by atomic mass is 9.85. The van der Waals surface area contributed by atoms with Crippen molar-refractivity contribution in [3.63, 3.8) is 0 Å². The highest BCUT2D eigenvalue weighted by atomic mass is 35.5. The standard InChI is InChI=1S/C16H12Cl2N2O3/c17-10-4-3-9(6-11(10)18)14(21)19-20-15(22)12-7-1-2-8(5-7)13(12)16(20)23/h1-4,6-8,12-13H,5H2,(H,19,21)/t7-,8-,12-,13+/m1/s1. The van der Waals surface area contributed by atoms with Crippen molar-refractivity contribution in [1.82, 2.24) is 10.4 Å². The van der Waals surface area contributed by atoms with Crippen LogP contribution in [-0.2, 0) is 9.59 Å². The van der Waals surface area contributed by atoms with Crippen LogP contribution in [0.25, 0.3) is 0 Å². The summed E-state index contributed by atoms with van der Waals surface area (Å²) >= 11 is 11.7. The molecule has 3 aliphatic rings. The van der Waals surface area contributed by atoms with Crippen LogP contribution in [0.5, 0.6) is 0 Å². The van der Waals surface area contributed by atoms with E-state index in [1.165, 1.54) is 18.2 Å². The van der Waals surface area contributed by atoms with Gasteiger partial charge in [0.15, 0.2) is 0 Å². The summed E-state index contributed by atoms with van der Waals surface area (Å²) in [6.45, 7) is 0. The number of halogens is 2. The number of allylic oxidation sites excluding steroid dienone is 2. The van der Waals surface area contributed by atoms with Gasteiger partial charge in [-0.2, -0.15) is 5.01 Å². The van der Waals surface area contributed by atoms with Gasteiger partial charge in [0.25, 0.3) is 17.7 Å². The van der Waals surface area contributed by atoms with Crippen molar-refractivity contribution in [3.05, 3.63) is 46.0 Å². The molecule has 1 aromatic rings. The van der Waals surface area contributed by atoms with Crippen LogP contribution in [0.15, 0.2) is 30.4 Å². The Hall–Kier alpha value is -1.85. The normalized spacial score (nSPS) is 31.0. The van der Waals surface area contributed by atoms with Gasteiger partial charge in [0.2, 0.25) is 0 Å². The zero-order chi connectivity index (χ0) is 16.3. The Morgan fingerprint density at radius 1 is 1.04 bits per heavy atom. The quantitative estimate of drug-likeness (QED) is 0.658. The van der Waals surface area contributed by atoms with Crippen LogP contribution in [0.1, 0.15) is 16.8 Å². The first-order valence-corrected chi connectivity index (χ1v) is 8.05. The Labute approximate surface area is 142 Å². The van der Waals surface area contributed by atoms with Crippen LogP contribution in [0, 0.1) is 23.7 Å². The first kappa shape index (κ1) is 14.7. The van der Waals surface area contributed by atoms with E-state index in [0.717, 1.165) is 11.4 Å². The number of nitrogens with one attached hydrogen (secondary N) is 1. The maximum Gasteiger partial charge on any atom is 0.270 e. The molecule has 1 N–H and O–H groups in total. The van der Waals surface area contributed by atoms with Crippen molar-refractivity contribution in [1.29, 1.82) is 0 Å². The summed E-state index contributed by atoms with van der Waals surface area (Å²) in [5.41, 5.74) is 2.64. The molecule has 118 valence electrons. The molecule has 1 heterocycles. The SMILES string of the molecule is O=C(NN1C(=O)[C@@H]2[C@H](C1=O)[C@@H]1C=C[C@@H]2C1)c1ccc(Cl)c(Cl)c1. The zero-order valence-electron chi connectivity index (χ0n) is 11.8. The van der Waals surface area contributed by atoms with Gasteiger partial charge in [-0.3, -0.25) is 19.8 Å². The molecule has 2 aliphatic carbocycles. The predicted molar refractivity (Wildman–Crippen MR) is 83.5 cm³/mol. The van der Waals surface area contributed by atoms with Crippen molar-refractivity contribution >= 4 is 40.9 Å². The molecule has 23 heavy (non-hydrogen) atoms. The fraction of sp³-hybridized carbons (Fsp3) is 0.312. The summed E-state index contributed by atoms with van der Waals surface area (Å²) in [5.74, 6) is -1.69. The van der Waals surface area contributed by atoms with Crippen LogP contribution in [0.4, 0.5) is 0 Å². The minimum atomic E-state index is -0.564. The van der Waals surface area contributed by atoms with Crippen LogP contribution < -0.4 is 5.43 Å². The molecule has 4 rings (SSSR count). The molecule has 1 aromatic carbocycles. The van der Waals surface area contributed by atoms with E-state index >= 15 is 0 Å². The summed E-state index contributed by atoms with van der Waals surface area (Å²) < 4.78 is 0. The maximum atomic E-state index is 12.5. The average Bonchev–Trinajstić information content (AvgIpc) is 3.19. The lowest BCUT2D eigenvalue weighted by Gasteiger charge is -2.18. The molecule has 7 heteroatoms. The Morgan fingerprint density at radius 3 is 2.22 bits per heavy atom. The minimum absolute atomic E-state index is 0.105. The molecule has 1 aliphatic heterocycles. The number of imide groups is 1. The van der Waals surface area contributed by atoms with E-state index < -0.39 is 5.91 Å². The molecule has 5 nitrogen and oxygen atoms in total. The number of benzene rings is 1. The molecule has 2 bridgehead atoms. The molecule has 0 radical (unpaired) electrons. The highest BCUT2D eigenvalue weighted by Gasteiger charge is 2.59. The summed E-state index contributed by atoms with van der Waals surface area (Å²) in [5, 5.41) is 1.43. The Morgan fingerprint density at radius 2 is 1.65 bits per heavy atom. The van der Waals surface area contributed by atoms with Gasteiger partial charge in [-0.25, -0.2) is 0 Å². The molecule has 1 saturated heterocycles. The Balaban J connectivity index is 1.55. The number of carbonyl (C=O) groups is 3. The lowest BCUT2D eigenvalue weighted by molar-refractivity contribution is -0.143. The van der Waals surface area contributed by atoms with Gasteiger partial charge >= 0.3 is 0 Å². The predicted octanol–water partition coefficient (Wildman–Crippen LogP) is 2.45. The van der Waals surface area contributed by atoms with Gasteiger partial charge in [0.1, 0.15) is 0 Å². The maximum absolute atomic E-state index is 12.5. The largest absolute Gasteiger partial charge is 0.272 e. The fourth-order valence-corrected chi connectivity index (χ4v) is 4.11. The van der Waals surface area contributed by atoms with Gasteiger partial charge in [0.05, 0.1) is 21.9 Å². The van der Waals surface area contributed by atoms with Crippen molar-refractivity contribution in [2.45, 2.75) is 6.42 Å². The van der Waals surface area contributed by atoms with E-state index in [1.54, 1.807) is 0 Å². The van der Waals surface area contributed by atoms with Crippen LogP contribution in [-0.4, -0.2) is 22.7 Å². The summed E-state index contributed by atoms with van der Waals surface area (Å²) in [6, 6.07) is 4.38. The van der Waals surface area contributed by atoms with E-state index in [2.05, 4.69) is 5.43 Å². The van der Waals surface area contributed by atoms with E-state index in [0.29, 0.717) is 5.02 Å². The van der Waals surface area contributed by atoms with E-state index in [9.17, 15) is 14.4 Å².